The first-order chi connectivity index (χ1) is 8.91. The fourth-order valence-electron chi connectivity index (χ4n) is 1.86. The van der Waals surface area contributed by atoms with Crippen molar-refractivity contribution in [1.29, 1.82) is 0 Å². The number of anilines is 1. The van der Waals surface area contributed by atoms with Crippen molar-refractivity contribution in [2.45, 2.75) is 46.6 Å². The monoisotopic (exact) mass is 281 g/mol. The average molecular weight is 282 g/mol. The molecule has 0 aliphatic rings. The highest BCUT2D eigenvalue weighted by molar-refractivity contribution is 6.30. The van der Waals surface area contributed by atoms with Gasteiger partial charge in [0.15, 0.2) is 0 Å². The Hall–Kier alpha value is -1.36. The van der Waals surface area contributed by atoms with Crippen LogP contribution in [0.15, 0.2) is 6.33 Å². The van der Waals surface area contributed by atoms with Crippen LogP contribution >= 0.6 is 11.6 Å². The number of aromatic nitrogens is 4. The number of hydrogen-bond acceptors (Lipinski definition) is 4. The molecular formula is C13H20ClN5. The second kappa shape index (κ2) is 5.33. The van der Waals surface area contributed by atoms with Gasteiger partial charge in [0.1, 0.15) is 17.3 Å². The molecule has 6 heteroatoms. The van der Waals surface area contributed by atoms with E-state index in [1.807, 2.05) is 0 Å². The molecule has 2 aromatic heterocycles. The SMILES string of the molecule is CC(C)c1c(Cl)nc2ncnn2c1N[C@H](C)C(C)C. The smallest absolute Gasteiger partial charge is 0.255 e. The molecule has 0 bridgehead atoms. The van der Waals surface area contributed by atoms with Gasteiger partial charge in [0.05, 0.1) is 0 Å². The van der Waals surface area contributed by atoms with E-state index in [-0.39, 0.29) is 5.92 Å². The van der Waals surface area contributed by atoms with Crippen LogP contribution in [0.25, 0.3) is 5.78 Å². The normalized spacial score (nSPS) is 13.5. The number of fused-ring (bicyclic) bond motifs is 1. The van der Waals surface area contributed by atoms with Crippen LogP contribution in [0.2, 0.25) is 5.15 Å². The van der Waals surface area contributed by atoms with Gasteiger partial charge in [0.25, 0.3) is 5.78 Å². The molecule has 0 saturated heterocycles. The molecule has 2 heterocycles. The van der Waals surface area contributed by atoms with Crippen LogP contribution in [0.3, 0.4) is 0 Å². The van der Waals surface area contributed by atoms with E-state index in [4.69, 9.17) is 11.6 Å². The molecular weight excluding hydrogens is 262 g/mol. The van der Waals surface area contributed by atoms with E-state index in [2.05, 4.69) is 55.0 Å². The van der Waals surface area contributed by atoms with Crippen molar-refractivity contribution in [3.63, 3.8) is 0 Å². The van der Waals surface area contributed by atoms with Crippen LogP contribution in [-0.2, 0) is 0 Å². The predicted molar refractivity (Wildman–Crippen MR) is 77.8 cm³/mol. The van der Waals surface area contributed by atoms with Crippen LogP contribution in [0.5, 0.6) is 0 Å². The molecule has 1 atom stereocenters. The van der Waals surface area contributed by atoms with Gasteiger partial charge in [-0.2, -0.15) is 19.6 Å². The lowest BCUT2D eigenvalue weighted by molar-refractivity contribution is 0.555. The molecule has 0 radical (unpaired) electrons. The molecule has 0 fully saturated rings. The third-order valence-corrected chi connectivity index (χ3v) is 3.65. The third kappa shape index (κ3) is 2.66. The molecule has 0 aliphatic heterocycles. The predicted octanol–water partition coefficient (Wildman–Crippen LogP) is 3.36. The van der Waals surface area contributed by atoms with E-state index in [0.29, 0.717) is 22.9 Å². The molecule has 5 nitrogen and oxygen atoms in total. The van der Waals surface area contributed by atoms with Gasteiger partial charge in [0, 0.05) is 11.6 Å². The van der Waals surface area contributed by atoms with Crippen molar-refractivity contribution in [3.05, 3.63) is 17.0 Å². The Balaban J connectivity index is 2.59. The molecule has 19 heavy (non-hydrogen) atoms. The number of hydrogen-bond donors (Lipinski definition) is 1. The minimum atomic E-state index is 0.260. The Morgan fingerprint density at radius 3 is 2.47 bits per heavy atom. The molecule has 1 N–H and O–H groups in total. The number of nitrogens with zero attached hydrogens (tertiary/aromatic N) is 4. The standard InChI is InChI=1S/C13H20ClN5/c1-7(2)9(5)17-12-10(8(3)4)11(14)18-13-15-6-16-19(12)13/h6-9,17H,1-5H3/t9-/m1/s1. The minimum Gasteiger partial charge on any atom is -0.367 e. The van der Waals surface area contributed by atoms with Crippen molar-refractivity contribution >= 4 is 23.2 Å². The molecule has 0 saturated carbocycles. The van der Waals surface area contributed by atoms with Crippen LogP contribution in [0.1, 0.15) is 46.1 Å². The maximum absolute atomic E-state index is 6.29. The van der Waals surface area contributed by atoms with Gasteiger partial charge >= 0.3 is 0 Å². The minimum absolute atomic E-state index is 0.260. The lowest BCUT2D eigenvalue weighted by Crippen LogP contribution is -2.24. The van der Waals surface area contributed by atoms with Crippen molar-refractivity contribution in [2.75, 3.05) is 5.32 Å². The summed E-state index contributed by atoms with van der Waals surface area (Å²) in [5, 5.41) is 8.23. The molecule has 0 aliphatic carbocycles. The first kappa shape index (κ1) is 14.1. The summed E-state index contributed by atoms with van der Waals surface area (Å²) in [5.41, 5.74) is 0.979. The summed E-state index contributed by atoms with van der Waals surface area (Å²) in [5.74, 6) is 2.18. The van der Waals surface area contributed by atoms with Crippen LogP contribution in [0.4, 0.5) is 5.82 Å². The van der Waals surface area contributed by atoms with E-state index in [1.54, 1.807) is 4.52 Å². The Bertz CT molecular complexity index is 576. The lowest BCUT2D eigenvalue weighted by atomic mass is 10.0. The van der Waals surface area contributed by atoms with Crippen molar-refractivity contribution in [2.24, 2.45) is 5.92 Å². The van der Waals surface area contributed by atoms with Crippen molar-refractivity contribution in [1.82, 2.24) is 19.6 Å². The largest absolute Gasteiger partial charge is 0.367 e. The summed E-state index contributed by atoms with van der Waals surface area (Å²) in [7, 11) is 0. The summed E-state index contributed by atoms with van der Waals surface area (Å²) in [6, 6.07) is 0.309. The number of rotatable bonds is 4. The summed E-state index contributed by atoms with van der Waals surface area (Å²) in [6.07, 6.45) is 1.49. The molecule has 2 rings (SSSR count). The highest BCUT2D eigenvalue weighted by Gasteiger charge is 2.20. The van der Waals surface area contributed by atoms with E-state index in [9.17, 15) is 0 Å². The van der Waals surface area contributed by atoms with Gasteiger partial charge in [0.2, 0.25) is 0 Å². The van der Waals surface area contributed by atoms with Gasteiger partial charge in [-0.15, -0.1) is 0 Å². The van der Waals surface area contributed by atoms with E-state index in [0.717, 1.165) is 11.4 Å². The van der Waals surface area contributed by atoms with E-state index < -0.39 is 0 Å². The Morgan fingerprint density at radius 1 is 1.21 bits per heavy atom. The maximum atomic E-state index is 6.29. The lowest BCUT2D eigenvalue weighted by Gasteiger charge is -2.23. The molecule has 0 unspecified atom stereocenters. The van der Waals surface area contributed by atoms with Crippen LogP contribution in [0, 0.1) is 5.92 Å². The van der Waals surface area contributed by atoms with Gasteiger partial charge in [-0.3, -0.25) is 0 Å². The fourth-order valence-corrected chi connectivity index (χ4v) is 2.25. The zero-order valence-electron chi connectivity index (χ0n) is 12.0. The van der Waals surface area contributed by atoms with Gasteiger partial charge in [-0.1, -0.05) is 39.3 Å². The Labute approximate surface area is 118 Å². The molecule has 0 aromatic carbocycles. The van der Waals surface area contributed by atoms with Crippen LogP contribution < -0.4 is 5.32 Å². The highest BCUT2D eigenvalue weighted by Crippen LogP contribution is 2.31. The second-order valence-electron chi connectivity index (χ2n) is 5.47. The topological polar surface area (TPSA) is 55.1 Å². The van der Waals surface area contributed by atoms with Gasteiger partial charge in [-0.05, 0) is 18.8 Å². The van der Waals surface area contributed by atoms with Crippen molar-refractivity contribution < 1.29 is 0 Å². The summed E-state index contributed by atoms with van der Waals surface area (Å²) in [6.45, 7) is 10.7. The Morgan fingerprint density at radius 2 is 1.89 bits per heavy atom. The summed E-state index contributed by atoms with van der Waals surface area (Å²) in [4.78, 5) is 8.39. The summed E-state index contributed by atoms with van der Waals surface area (Å²) < 4.78 is 1.72. The third-order valence-electron chi connectivity index (χ3n) is 3.36. The zero-order chi connectivity index (χ0) is 14.2. The molecule has 104 valence electrons. The average Bonchev–Trinajstić information content (AvgIpc) is 2.75. The Kier molecular flexibility index (Phi) is 3.94. The van der Waals surface area contributed by atoms with E-state index >= 15 is 0 Å². The maximum Gasteiger partial charge on any atom is 0.255 e. The molecule has 0 spiro atoms. The first-order valence-electron chi connectivity index (χ1n) is 6.57. The van der Waals surface area contributed by atoms with Crippen LogP contribution in [-0.4, -0.2) is 25.6 Å². The number of halogens is 1. The quantitative estimate of drug-likeness (QED) is 0.873. The second-order valence-corrected chi connectivity index (χ2v) is 5.83. The molecule has 0 amide bonds. The van der Waals surface area contributed by atoms with E-state index in [1.165, 1.54) is 6.33 Å². The zero-order valence-corrected chi connectivity index (χ0v) is 12.7. The first-order valence-corrected chi connectivity index (χ1v) is 6.95. The van der Waals surface area contributed by atoms with Gasteiger partial charge < -0.3 is 5.32 Å². The number of nitrogens with one attached hydrogen (secondary N) is 1. The highest BCUT2D eigenvalue weighted by atomic mass is 35.5. The van der Waals surface area contributed by atoms with Crippen molar-refractivity contribution in [3.8, 4) is 0 Å². The molecule has 2 aromatic rings. The van der Waals surface area contributed by atoms with Gasteiger partial charge in [-0.25, -0.2) is 0 Å². The fraction of sp³-hybridized carbons (Fsp3) is 0.615. The summed E-state index contributed by atoms with van der Waals surface area (Å²) >= 11 is 6.29.